The molecule has 2 aromatic rings. The summed E-state index contributed by atoms with van der Waals surface area (Å²) < 4.78 is 6.66. The second-order valence-electron chi connectivity index (χ2n) is 5.08. The second kappa shape index (κ2) is 7.01. The van der Waals surface area contributed by atoms with Crippen LogP contribution in [0.5, 0.6) is 11.5 Å². The van der Waals surface area contributed by atoms with Gasteiger partial charge in [0, 0.05) is 16.6 Å². The normalized spacial score (nSPS) is 12.3. The molecule has 5 heteroatoms. The minimum atomic E-state index is 0.103. The first kappa shape index (κ1) is 16.6. The van der Waals surface area contributed by atoms with Crippen molar-refractivity contribution in [2.24, 2.45) is 5.73 Å². The Balaban J connectivity index is 2.32. The summed E-state index contributed by atoms with van der Waals surface area (Å²) in [5, 5.41) is 1.06. The molecule has 0 aliphatic heterocycles. The molecule has 0 amide bonds. The van der Waals surface area contributed by atoms with Crippen LogP contribution in [-0.4, -0.2) is 6.04 Å². The van der Waals surface area contributed by atoms with Crippen LogP contribution in [0.15, 0.2) is 34.8 Å². The van der Waals surface area contributed by atoms with Gasteiger partial charge >= 0.3 is 0 Å². The van der Waals surface area contributed by atoms with E-state index in [4.69, 9.17) is 33.7 Å². The number of halogens is 3. The summed E-state index contributed by atoms with van der Waals surface area (Å²) >= 11 is 15.6. The number of benzene rings is 2. The molecule has 0 spiro atoms. The van der Waals surface area contributed by atoms with E-state index in [-0.39, 0.29) is 6.04 Å². The van der Waals surface area contributed by atoms with Gasteiger partial charge in [-0.3, -0.25) is 0 Å². The minimum Gasteiger partial charge on any atom is -0.455 e. The molecule has 2 nitrogen and oxygen atoms in total. The average Bonchev–Trinajstić information content (AvgIpc) is 2.39. The summed E-state index contributed by atoms with van der Waals surface area (Å²) in [6, 6.07) is 9.59. The molecule has 112 valence electrons. The van der Waals surface area contributed by atoms with Gasteiger partial charge in [0.1, 0.15) is 11.5 Å². The molecular weight excluding hydrogens is 373 g/mol. The van der Waals surface area contributed by atoms with Crippen LogP contribution in [0, 0.1) is 6.92 Å². The maximum atomic E-state index is 6.19. The Hall–Kier alpha value is -0.740. The molecule has 0 radical (unpaired) electrons. The van der Waals surface area contributed by atoms with Crippen molar-refractivity contribution < 1.29 is 4.74 Å². The molecule has 2 rings (SSSR count). The minimum absolute atomic E-state index is 0.103. The van der Waals surface area contributed by atoms with Crippen LogP contribution < -0.4 is 10.5 Å². The summed E-state index contributed by atoms with van der Waals surface area (Å²) in [7, 11) is 0. The first-order valence-corrected chi connectivity index (χ1v) is 8.09. The van der Waals surface area contributed by atoms with E-state index in [9.17, 15) is 0 Å². The molecule has 2 N–H and O–H groups in total. The van der Waals surface area contributed by atoms with Gasteiger partial charge in [-0.1, -0.05) is 35.3 Å². The maximum absolute atomic E-state index is 6.19. The molecular formula is C16H16BrCl2NO. The van der Waals surface area contributed by atoms with Crippen LogP contribution in [-0.2, 0) is 6.42 Å². The van der Waals surface area contributed by atoms with E-state index in [1.807, 2.05) is 26.0 Å². The lowest BCUT2D eigenvalue weighted by atomic mass is 10.1. The number of aryl methyl sites for hydroxylation is 1. The first-order valence-electron chi connectivity index (χ1n) is 6.54. The highest BCUT2D eigenvalue weighted by molar-refractivity contribution is 9.10. The van der Waals surface area contributed by atoms with Crippen molar-refractivity contribution in [3.05, 3.63) is 56.0 Å². The Bertz CT molecular complexity index is 659. The van der Waals surface area contributed by atoms with Crippen LogP contribution in [0.2, 0.25) is 10.0 Å². The van der Waals surface area contributed by atoms with Gasteiger partial charge in [0.25, 0.3) is 0 Å². The van der Waals surface area contributed by atoms with Gasteiger partial charge < -0.3 is 10.5 Å². The zero-order chi connectivity index (χ0) is 15.6. The Morgan fingerprint density at radius 1 is 1.14 bits per heavy atom. The molecule has 0 aromatic heterocycles. The van der Waals surface area contributed by atoms with Crippen molar-refractivity contribution >= 4 is 39.1 Å². The highest BCUT2D eigenvalue weighted by Gasteiger charge is 2.10. The van der Waals surface area contributed by atoms with Gasteiger partial charge in [0.05, 0.1) is 10.0 Å². The lowest BCUT2D eigenvalue weighted by Crippen LogP contribution is -2.17. The van der Waals surface area contributed by atoms with E-state index in [2.05, 4.69) is 22.0 Å². The van der Waals surface area contributed by atoms with Crippen molar-refractivity contribution in [3.8, 4) is 11.5 Å². The van der Waals surface area contributed by atoms with Gasteiger partial charge in [-0.05, 0) is 59.5 Å². The lowest BCUT2D eigenvalue weighted by Gasteiger charge is -2.13. The summed E-state index contributed by atoms with van der Waals surface area (Å²) in [4.78, 5) is 0. The predicted octanol–water partition coefficient (Wildman–Crippen LogP) is 5.75. The van der Waals surface area contributed by atoms with E-state index >= 15 is 0 Å². The van der Waals surface area contributed by atoms with Crippen molar-refractivity contribution in [2.75, 3.05) is 0 Å². The van der Waals surface area contributed by atoms with Crippen molar-refractivity contribution in [1.29, 1.82) is 0 Å². The van der Waals surface area contributed by atoms with E-state index in [0.717, 1.165) is 27.8 Å². The Kier molecular flexibility index (Phi) is 5.55. The van der Waals surface area contributed by atoms with Crippen LogP contribution in [0.25, 0.3) is 0 Å². The molecule has 0 saturated carbocycles. The molecule has 0 aliphatic carbocycles. The van der Waals surface area contributed by atoms with E-state index < -0.39 is 0 Å². The molecule has 1 unspecified atom stereocenters. The van der Waals surface area contributed by atoms with Crippen LogP contribution in [0.4, 0.5) is 0 Å². The van der Waals surface area contributed by atoms with Gasteiger partial charge in [-0.2, -0.15) is 0 Å². The zero-order valence-electron chi connectivity index (χ0n) is 11.8. The summed E-state index contributed by atoms with van der Waals surface area (Å²) in [5.74, 6) is 1.29. The van der Waals surface area contributed by atoms with E-state index in [1.54, 1.807) is 12.1 Å². The largest absolute Gasteiger partial charge is 0.455 e. The number of rotatable bonds is 4. The third-order valence-corrected chi connectivity index (χ3v) is 4.50. The lowest BCUT2D eigenvalue weighted by molar-refractivity contribution is 0.478. The molecule has 0 heterocycles. The van der Waals surface area contributed by atoms with E-state index in [0.29, 0.717) is 15.8 Å². The molecule has 0 bridgehead atoms. The molecule has 0 aliphatic rings. The van der Waals surface area contributed by atoms with Crippen LogP contribution in [0.1, 0.15) is 18.1 Å². The van der Waals surface area contributed by atoms with Gasteiger partial charge in [0.2, 0.25) is 0 Å². The molecule has 2 aromatic carbocycles. The monoisotopic (exact) mass is 387 g/mol. The fourth-order valence-corrected chi connectivity index (χ4v) is 2.79. The van der Waals surface area contributed by atoms with E-state index in [1.165, 1.54) is 0 Å². The molecule has 0 saturated heterocycles. The van der Waals surface area contributed by atoms with Crippen molar-refractivity contribution in [1.82, 2.24) is 0 Å². The Labute approximate surface area is 143 Å². The predicted molar refractivity (Wildman–Crippen MR) is 92.8 cm³/mol. The van der Waals surface area contributed by atoms with Gasteiger partial charge in [0.15, 0.2) is 0 Å². The fourth-order valence-electron chi connectivity index (χ4n) is 1.95. The summed E-state index contributed by atoms with van der Waals surface area (Å²) in [5.41, 5.74) is 8.00. The second-order valence-corrected chi connectivity index (χ2v) is 6.75. The van der Waals surface area contributed by atoms with Crippen molar-refractivity contribution in [2.45, 2.75) is 26.3 Å². The maximum Gasteiger partial charge on any atom is 0.147 e. The highest BCUT2D eigenvalue weighted by atomic mass is 79.9. The number of hydrogen-bond donors (Lipinski definition) is 1. The first-order chi connectivity index (χ1) is 9.86. The van der Waals surface area contributed by atoms with Gasteiger partial charge in [-0.25, -0.2) is 0 Å². The summed E-state index contributed by atoms with van der Waals surface area (Å²) in [6.07, 6.45) is 0.797. The van der Waals surface area contributed by atoms with Crippen LogP contribution in [0.3, 0.4) is 0 Å². The number of hydrogen-bond acceptors (Lipinski definition) is 2. The quantitative estimate of drug-likeness (QED) is 0.677. The smallest absolute Gasteiger partial charge is 0.147 e. The molecule has 1 atom stereocenters. The topological polar surface area (TPSA) is 35.2 Å². The zero-order valence-corrected chi connectivity index (χ0v) is 14.9. The highest BCUT2D eigenvalue weighted by Crippen LogP contribution is 2.37. The van der Waals surface area contributed by atoms with Crippen LogP contribution >= 0.6 is 39.1 Å². The standard InChI is InChI=1S/C16H16BrCl2NO/c1-9-3-4-11(5-10(2)20)6-15(9)21-16-8-13(18)12(17)7-14(16)19/h3-4,6-8,10H,5,20H2,1-2H3. The average molecular weight is 389 g/mol. The third-order valence-electron chi connectivity index (χ3n) is 3.00. The Morgan fingerprint density at radius 3 is 2.52 bits per heavy atom. The fraction of sp³-hybridized carbons (Fsp3) is 0.250. The SMILES string of the molecule is Cc1ccc(CC(C)N)cc1Oc1cc(Cl)c(Br)cc1Cl. The molecule has 21 heavy (non-hydrogen) atoms. The molecule has 0 fully saturated rings. The number of ether oxygens (including phenoxy) is 1. The Morgan fingerprint density at radius 2 is 1.86 bits per heavy atom. The third kappa shape index (κ3) is 4.36. The van der Waals surface area contributed by atoms with Crippen molar-refractivity contribution in [3.63, 3.8) is 0 Å². The van der Waals surface area contributed by atoms with Gasteiger partial charge in [-0.15, -0.1) is 0 Å². The number of nitrogens with two attached hydrogens (primary N) is 1. The summed E-state index contributed by atoms with van der Waals surface area (Å²) in [6.45, 7) is 3.96.